The molecule has 33 heavy (non-hydrogen) atoms. The zero-order valence-electron chi connectivity index (χ0n) is 19.0. The van der Waals surface area contributed by atoms with Crippen molar-refractivity contribution in [3.63, 3.8) is 0 Å². The minimum absolute atomic E-state index is 0.355. The lowest BCUT2D eigenvalue weighted by atomic mass is 10.1. The van der Waals surface area contributed by atoms with Gasteiger partial charge in [-0.25, -0.2) is 14.4 Å². The molecule has 2 rings (SSSR count). The molecule has 176 valence electrons. The Labute approximate surface area is 194 Å². The number of benzene rings is 2. The molecule has 0 atom stereocenters. The molecule has 0 unspecified atom stereocenters. The van der Waals surface area contributed by atoms with E-state index in [4.69, 9.17) is 14.2 Å². The van der Waals surface area contributed by atoms with Gasteiger partial charge < -0.3 is 19.5 Å². The number of ether oxygens (including phenoxy) is 3. The molecule has 0 aliphatic carbocycles. The molecule has 2 aromatic rings. The molecule has 0 aromatic heterocycles. The van der Waals surface area contributed by atoms with Gasteiger partial charge in [-0.3, -0.25) is 0 Å². The summed E-state index contributed by atoms with van der Waals surface area (Å²) in [5, 5.41) is 2.99. The Bertz CT molecular complexity index is 905. The first-order valence-electron chi connectivity index (χ1n) is 11.1. The summed E-state index contributed by atoms with van der Waals surface area (Å²) in [4.78, 5) is 35.3. The maximum Gasteiger partial charge on any atom is 0.343 e. The van der Waals surface area contributed by atoms with E-state index in [1.165, 1.54) is 0 Å². The topological polar surface area (TPSA) is 90.9 Å². The van der Waals surface area contributed by atoms with E-state index >= 15 is 0 Å². The molecule has 0 saturated heterocycles. The highest BCUT2D eigenvalue weighted by Crippen LogP contribution is 2.16. The van der Waals surface area contributed by atoms with Crippen molar-refractivity contribution in [1.29, 1.82) is 0 Å². The van der Waals surface area contributed by atoms with Crippen LogP contribution < -0.4 is 10.1 Å². The van der Waals surface area contributed by atoms with Crippen LogP contribution in [0.2, 0.25) is 0 Å². The minimum atomic E-state index is -0.467. The van der Waals surface area contributed by atoms with Gasteiger partial charge in [0.2, 0.25) is 0 Å². The maximum atomic E-state index is 12.2. The minimum Gasteiger partial charge on any atom is -0.463 e. The van der Waals surface area contributed by atoms with Crippen LogP contribution in [0.5, 0.6) is 5.75 Å². The van der Waals surface area contributed by atoms with Crippen LogP contribution in [0.4, 0.5) is 5.69 Å². The summed E-state index contributed by atoms with van der Waals surface area (Å²) in [5.41, 5.74) is 1.74. The number of anilines is 1. The highest BCUT2D eigenvalue weighted by Gasteiger charge is 2.11. The van der Waals surface area contributed by atoms with Crippen molar-refractivity contribution in [2.45, 2.75) is 38.5 Å². The van der Waals surface area contributed by atoms with Crippen LogP contribution in [-0.2, 0) is 14.3 Å². The van der Waals surface area contributed by atoms with Gasteiger partial charge in [0, 0.05) is 18.8 Å². The molecule has 7 nitrogen and oxygen atoms in total. The number of carbonyl (C=O) groups is 3. The lowest BCUT2D eigenvalue weighted by Gasteiger charge is -2.07. The fourth-order valence-electron chi connectivity index (χ4n) is 2.99. The van der Waals surface area contributed by atoms with Gasteiger partial charge >= 0.3 is 17.9 Å². The van der Waals surface area contributed by atoms with E-state index in [-0.39, 0.29) is 5.97 Å². The summed E-state index contributed by atoms with van der Waals surface area (Å²) in [7, 11) is 1.80. The number of hydrogen-bond acceptors (Lipinski definition) is 7. The van der Waals surface area contributed by atoms with Crippen LogP contribution in [0.3, 0.4) is 0 Å². The van der Waals surface area contributed by atoms with E-state index in [0.29, 0.717) is 30.1 Å². The second-order valence-electron chi connectivity index (χ2n) is 7.37. The molecule has 1 N–H and O–H groups in total. The van der Waals surface area contributed by atoms with Gasteiger partial charge in [-0.15, -0.1) is 0 Å². The lowest BCUT2D eigenvalue weighted by molar-refractivity contribution is -0.137. The van der Waals surface area contributed by atoms with Crippen molar-refractivity contribution in [3.8, 4) is 5.75 Å². The van der Waals surface area contributed by atoms with E-state index in [1.54, 1.807) is 55.6 Å². The summed E-state index contributed by atoms with van der Waals surface area (Å²) in [6.07, 6.45) is 6.81. The Kier molecular flexibility index (Phi) is 11.2. The predicted molar refractivity (Wildman–Crippen MR) is 127 cm³/mol. The van der Waals surface area contributed by atoms with Crippen LogP contribution in [0.1, 0.15) is 59.2 Å². The largest absolute Gasteiger partial charge is 0.463 e. The third-order valence-corrected chi connectivity index (χ3v) is 4.89. The normalized spacial score (nSPS) is 10.2. The molecule has 0 aliphatic rings. The third kappa shape index (κ3) is 9.60. The Morgan fingerprint density at radius 3 is 1.85 bits per heavy atom. The van der Waals surface area contributed by atoms with Gasteiger partial charge in [0.25, 0.3) is 0 Å². The molecule has 0 aliphatic heterocycles. The van der Waals surface area contributed by atoms with Crippen molar-refractivity contribution in [2.75, 3.05) is 25.6 Å². The van der Waals surface area contributed by atoms with E-state index in [1.807, 2.05) is 0 Å². The summed E-state index contributed by atoms with van der Waals surface area (Å²) in [5.74, 6) is -0.901. The van der Waals surface area contributed by atoms with Gasteiger partial charge in [-0.2, -0.15) is 0 Å². The smallest absolute Gasteiger partial charge is 0.343 e. The first-order chi connectivity index (χ1) is 16.0. The molecule has 0 spiro atoms. The second kappa shape index (κ2) is 14.5. The first-order valence-corrected chi connectivity index (χ1v) is 11.1. The summed E-state index contributed by atoms with van der Waals surface area (Å²) in [6.45, 7) is 4.13. The Hall–Kier alpha value is -3.61. The van der Waals surface area contributed by atoms with E-state index in [0.717, 1.165) is 50.3 Å². The molecule has 0 fully saturated rings. The predicted octanol–water partition coefficient (Wildman–Crippen LogP) is 5.17. The van der Waals surface area contributed by atoms with Crippen molar-refractivity contribution < 1.29 is 28.6 Å². The van der Waals surface area contributed by atoms with E-state index in [9.17, 15) is 14.4 Å². The Morgan fingerprint density at radius 1 is 0.758 bits per heavy atom. The molecule has 7 heteroatoms. The van der Waals surface area contributed by atoms with E-state index < -0.39 is 11.9 Å². The summed E-state index contributed by atoms with van der Waals surface area (Å²) >= 11 is 0. The van der Waals surface area contributed by atoms with Gasteiger partial charge in [0.1, 0.15) is 5.75 Å². The van der Waals surface area contributed by atoms with Crippen molar-refractivity contribution in [3.05, 3.63) is 72.3 Å². The molecular formula is C26H31NO6. The van der Waals surface area contributed by atoms with Gasteiger partial charge in [-0.1, -0.05) is 32.3 Å². The number of carbonyl (C=O) groups excluding carboxylic acids is 3. The average molecular weight is 454 g/mol. The first kappa shape index (κ1) is 25.6. The zero-order valence-corrected chi connectivity index (χ0v) is 19.0. The van der Waals surface area contributed by atoms with Gasteiger partial charge in [0.05, 0.1) is 24.3 Å². The highest BCUT2D eigenvalue weighted by atomic mass is 16.5. The third-order valence-electron chi connectivity index (χ3n) is 4.89. The fourth-order valence-corrected chi connectivity index (χ4v) is 2.99. The number of hydrogen-bond donors (Lipinski definition) is 1. The lowest BCUT2D eigenvalue weighted by Crippen LogP contribution is -2.09. The molecule has 0 heterocycles. The Balaban J connectivity index is 1.61. The van der Waals surface area contributed by atoms with Crippen molar-refractivity contribution in [2.24, 2.45) is 0 Å². The molecule has 0 bridgehead atoms. The van der Waals surface area contributed by atoms with Crippen molar-refractivity contribution in [1.82, 2.24) is 0 Å². The average Bonchev–Trinajstić information content (AvgIpc) is 2.85. The maximum absolute atomic E-state index is 12.2. The monoisotopic (exact) mass is 453 g/mol. The van der Waals surface area contributed by atoms with Gasteiger partial charge in [0.15, 0.2) is 0 Å². The number of esters is 3. The van der Waals surface area contributed by atoms with E-state index in [2.05, 4.69) is 11.9 Å². The summed E-state index contributed by atoms with van der Waals surface area (Å²) < 4.78 is 15.6. The summed E-state index contributed by atoms with van der Waals surface area (Å²) in [6, 6.07) is 13.2. The van der Waals surface area contributed by atoms with Crippen LogP contribution >= 0.6 is 0 Å². The molecule has 0 saturated carbocycles. The van der Waals surface area contributed by atoms with Gasteiger partial charge in [-0.05, 0) is 61.4 Å². The quantitative estimate of drug-likeness (QED) is 0.182. The number of rotatable bonds is 14. The molecule has 0 radical (unpaired) electrons. The zero-order chi connectivity index (χ0) is 23.9. The fraction of sp³-hybridized carbons (Fsp3) is 0.346. The standard InChI is InChI=1S/C26H31NO6/c1-3-24(28)31-18-8-6-4-5-7-9-19-32-25(29)20-12-16-23(17-13-20)33-26(30)21-10-14-22(27-2)15-11-21/h3,10-17,27H,1,4-9,18-19H2,2H3. The Morgan fingerprint density at radius 2 is 1.27 bits per heavy atom. The highest BCUT2D eigenvalue weighted by molar-refractivity contribution is 5.92. The van der Waals surface area contributed by atoms with Crippen molar-refractivity contribution >= 4 is 23.6 Å². The van der Waals surface area contributed by atoms with Crippen LogP contribution in [0.25, 0.3) is 0 Å². The van der Waals surface area contributed by atoms with Crippen LogP contribution in [0, 0.1) is 0 Å². The molecule has 0 amide bonds. The molecular weight excluding hydrogens is 422 g/mol. The SMILES string of the molecule is C=CC(=O)OCCCCCCCCOC(=O)c1ccc(OC(=O)c2ccc(NC)cc2)cc1. The van der Waals surface area contributed by atoms with Crippen LogP contribution in [0.15, 0.2) is 61.2 Å². The number of unbranched alkanes of at least 4 members (excludes halogenated alkanes) is 5. The number of nitrogens with one attached hydrogen (secondary N) is 1. The molecule has 2 aromatic carbocycles. The second-order valence-corrected chi connectivity index (χ2v) is 7.37. The van der Waals surface area contributed by atoms with Crippen LogP contribution in [-0.4, -0.2) is 38.2 Å².